The van der Waals surface area contributed by atoms with Gasteiger partial charge in [0.2, 0.25) is 17.7 Å². The van der Waals surface area contributed by atoms with E-state index in [1.54, 1.807) is 24.3 Å². The molecule has 11 N–H and O–H groups in total. The molecule has 0 aliphatic heterocycles. The molecule has 3 amide bonds. The number of carboxylic acids is 1. The van der Waals surface area contributed by atoms with Crippen LogP contribution in [0.15, 0.2) is 47.8 Å². The first-order valence-electron chi connectivity index (χ1n) is 13.5. The van der Waals surface area contributed by atoms with E-state index >= 15 is 0 Å². The molecule has 0 saturated heterocycles. The number of guanidine groups is 1. The maximum Gasteiger partial charge on any atom is 0.326 e. The molecule has 0 fully saturated rings. The number of amides is 3. The van der Waals surface area contributed by atoms with Crippen LogP contribution in [0.25, 0.3) is 0 Å². The molecule has 0 aliphatic carbocycles. The third kappa shape index (κ3) is 11.3. The van der Waals surface area contributed by atoms with E-state index in [4.69, 9.17) is 17.2 Å². The van der Waals surface area contributed by atoms with Gasteiger partial charge in [-0.2, -0.15) is 0 Å². The first-order valence-corrected chi connectivity index (χ1v) is 13.5. The van der Waals surface area contributed by atoms with Gasteiger partial charge in [-0.3, -0.25) is 19.4 Å². The molecule has 1 aromatic carbocycles. The van der Waals surface area contributed by atoms with Crippen LogP contribution in [0.2, 0.25) is 0 Å². The summed E-state index contributed by atoms with van der Waals surface area (Å²) in [6, 6.07) is 4.65. The molecule has 1 aromatic heterocycles. The van der Waals surface area contributed by atoms with Crippen LogP contribution in [0, 0.1) is 5.92 Å². The van der Waals surface area contributed by atoms with Crippen LogP contribution >= 0.6 is 0 Å². The number of hydrogen-bond donors (Lipinski definition) is 8. The van der Waals surface area contributed by atoms with Gasteiger partial charge in [-0.05, 0) is 24.3 Å². The summed E-state index contributed by atoms with van der Waals surface area (Å²) in [4.78, 5) is 62.3. The van der Waals surface area contributed by atoms with Gasteiger partial charge in [0.05, 0.1) is 12.4 Å². The minimum atomic E-state index is -1.24. The number of aliphatic imine (C=N–C) groups is 1. The van der Waals surface area contributed by atoms with Crippen LogP contribution < -0.4 is 33.2 Å². The number of aromatic amines is 1. The van der Waals surface area contributed by atoms with Crippen molar-refractivity contribution in [3.8, 4) is 0 Å². The SMILES string of the molecule is CCC(C)C(N)C(=O)NC(Cc1cnc[nH]1)C(=O)NC(Cc1ccccc1)C(=O)NC(CCCN=C(N)N)C(=O)O. The number of carbonyl (C=O) groups is 4. The average Bonchev–Trinajstić information content (AvgIpc) is 3.46. The van der Waals surface area contributed by atoms with Crippen LogP contribution in [0.3, 0.4) is 0 Å². The predicted molar refractivity (Wildman–Crippen MR) is 153 cm³/mol. The Labute approximate surface area is 238 Å². The Morgan fingerprint density at radius 3 is 2.15 bits per heavy atom. The molecule has 0 bridgehead atoms. The van der Waals surface area contributed by atoms with Crippen molar-refractivity contribution >= 4 is 29.7 Å². The minimum absolute atomic E-state index is 0.0625. The van der Waals surface area contributed by atoms with Crippen LogP contribution in [0.4, 0.5) is 0 Å². The zero-order valence-corrected chi connectivity index (χ0v) is 23.4. The van der Waals surface area contributed by atoms with Crippen molar-refractivity contribution in [2.75, 3.05) is 6.54 Å². The van der Waals surface area contributed by atoms with Gasteiger partial charge in [0.15, 0.2) is 5.96 Å². The average molecular weight is 572 g/mol. The fraction of sp³-hybridized carbons (Fsp3) is 0.481. The third-order valence-electron chi connectivity index (χ3n) is 6.65. The summed E-state index contributed by atoms with van der Waals surface area (Å²) < 4.78 is 0. The first-order chi connectivity index (χ1) is 19.5. The summed E-state index contributed by atoms with van der Waals surface area (Å²) >= 11 is 0. The maximum atomic E-state index is 13.5. The van der Waals surface area contributed by atoms with Gasteiger partial charge in [-0.1, -0.05) is 50.6 Å². The van der Waals surface area contributed by atoms with E-state index in [0.29, 0.717) is 18.5 Å². The van der Waals surface area contributed by atoms with Crippen LogP contribution in [0.1, 0.15) is 44.4 Å². The fourth-order valence-electron chi connectivity index (χ4n) is 3.97. The lowest BCUT2D eigenvalue weighted by molar-refractivity contribution is -0.142. The summed E-state index contributed by atoms with van der Waals surface area (Å²) in [6.07, 6.45) is 4.15. The Bertz CT molecular complexity index is 1150. The van der Waals surface area contributed by atoms with Gasteiger partial charge in [-0.25, -0.2) is 9.78 Å². The second-order valence-corrected chi connectivity index (χ2v) is 9.85. The van der Waals surface area contributed by atoms with Crippen molar-refractivity contribution in [1.29, 1.82) is 0 Å². The molecular formula is C27H41N9O5. The summed E-state index contributed by atoms with van der Waals surface area (Å²) in [7, 11) is 0. The lowest BCUT2D eigenvalue weighted by Gasteiger charge is -2.26. The van der Waals surface area contributed by atoms with Crippen molar-refractivity contribution in [2.45, 2.75) is 70.1 Å². The first kappa shape index (κ1) is 32.8. The van der Waals surface area contributed by atoms with Crippen molar-refractivity contribution < 1.29 is 24.3 Å². The smallest absolute Gasteiger partial charge is 0.326 e. The molecule has 224 valence electrons. The summed E-state index contributed by atoms with van der Waals surface area (Å²) in [5, 5.41) is 17.6. The monoisotopic (exact) mass is 571 g/mol. The lowest BCUT2D eigenvalue weighted by Crippen LogP contribution is -2.58. The molecule has 5 atom stereocenters. The molecular weight excluding hydrogens is 530 g/mol. The number of carboxylic acid groups (broad SMARTS) is 1. The van der Waals surface area contributed by atoms with Gasteiger partial charge in [0, 0.05) is 31.3 Å². The zero-order chi connectivity index (χ0) is 30.4. The molecule has 14 nitrogen and oxygen atoms in total. The van der Waals surface area contributed by atoms with E-state index in [0.717, 1.165) is 5.56 Å². The number of rotatable bonds is 17. The van der Waals surface area contributed by atoms with E-state index in [1.807, 2.05) is 19.9 Å². The summed E-state index contributed by atoms with van der Waals surface area (Å²) in [5.74, 6) is -3.32. The number of benzene rings is 1. The molecule has 5 unspecified atom stereocenters. The fourth-order valence-corrected chi connectivity index (χ4v) is 3.97. The summed E-state index contributed by atoms with van der Waals surface area (Å²) in [6.45, 7) is 3.94. The highest BCUT2D eigenvalue weighted by atomic mass is 16.4. The predicted octanol–water partition coefficient (Wildman–Crippen LogP) is -0.839. The quantitative estimate of drug-likeness (QED) is 0.0669. The molecule has 0 radical (unpaired) electrons. The number of H-pyrrole nitrogens is 1. The minimum Gasteiger partial charge on any atom is -0.480 e. The van der Waals surface area contributed by atoms with E-state index in [-0.39, 0.29) is 37.7 Å². The zero-order valence-electron chi connectivity index (χ0n) is 23.4. The Morgan fingerprint density at radius 2 is 1.59 bits per heavy atom. The van der Waals surface area contributed by atoms with Crippen molar-refractivity contribution in [1.82, 2.24) is 25.9 Å². The van der Waals surface area contributed by atoms with Gasteiger partial charge >= 0.3 is 5.97 Å². The van der Waals surface area contributed by atoms with Crippen LogP contribution in [0.5, 0.6) is 0 Å². The maximum absolute atomic E-state index is 13.5. The number of aliphatic carboxylic acids is 1. The number of hydrogen-bond acceptors (Lipinski definition) is 7. The molecule has 2 rings (SSSR count). The van der Waals surface area contributed by atoms with E-state index < -0.39 is 47.9 Å². The molecule has 0 spiro atoms. The van der Waals surface area contributed by atoms with Crippen LogP contribution in [-0.2, 0) is 32.0 Å². The standard InChI is InChI=1S/C27H41N9O5/c1-3-16(2)22(28)25(39)36-21(13-18-14-31-15-33-18)24(38)35-20(12-17-8-5-4-6-9-17)23(37)34-19(26(40)41)10-7-11-32-27(29)30/h4-6,8-9,14-16,19-22H,3,7,10-13,28H2,1-2H3,(H,31,33)(H,34,37)(H,35,38)(H,36,39)(H,40,41)(H4,29,30,32). The second-order valence-electron chi connectivity index (χ2n) is 9.85. The number of nitrogens with two attached hydrogens (primary N) is 3. The van der Waals surface area contributed by atoms with Crippen molar-refractivity contribution in [3.05, 3.63) is 54.1 Å². The Balaban J connectivity index is 2.25. The highest BCUT2D eigenvalue weighted by molar-refractivity contribution is 5.94. The molecule has 1 heterocycles. The van der Waals surface area contributed by atoms with Gasteiger partial charge < -0.3 is 43.2 Å². The molecule has 14 heteroatoms. The Hall–Kier alpha value is -4.46. The molecule has 2 aromatic rings. The number of nitrogens with one attached hydrogen (secondary N) is 4. The van der Waals surface area contributed by atoms with E-state index in [2.05, 4.69) is 30.9 Å². The van der Waals surface area contributed by atoms with Crippen LogP contribution in [-0.4, -0.2) is 75.4 Å². The molecule has 41 heavy (non-hydrogen) atoms. The highest BCUT2D eigenvalue weighted by Crippen LogP contribution is 2.09. The van der Waals surface area contributed by atoms with Crippen molar-refractivity contribution in [3.63, 3.8) is 0 Å². The Morgan fingerprint density at radius 1 is 0.976 bits per heavy atom. The van der Waals surface area contributed by atoms with Gasteiger partial charge in [0.1, 0.15) is 18.1 Å². The second kappa shape index (κ2) is 16.6. The van der Waals surface area contributed by atoms with Gasteiger partial charge in [-0.15, -0.1) is 0 Å². The third-order valence-corrected chi connectivity index (χ3v) is 6.65. The number of carbonyl (C=O) groups excluding carboxylic acids is 3. The molecule has 0 saturated carbocycles. The summed E-state index contributed by atoms with van der Waals surface area (Å²) in [5.41, 5.74) is 18.0. The Kier molecular flexibility index (Phi) is 13.3. The van der Waals surface area contributed by atoms with Crippen molar-refractivity contribution in [2.24, 2.45) is 28.1 Å². The van der Waals surface area contributed by atoms with E-state index in [9.17, 15) is 24.3 Å². The topological polar surface area (TPSA) is 244 Å². The largest absolute Gasteiger partial charge is 0.480 e. The lowest BCUT2D eigenvalue weighted by atomic mass is 9.98. The normalized spacial score (nSPS) is 14.5. The van der Waals surface area contributed by atoms with E-state index in [1.165, 1.54) is 12.5 Å². The number of nitrogens with zero attached hydrogens (tertiary/aromatic N) is 2. The number of imidazole rings is 1. The number of aromatic nitrogens is 2. The highest BCUT2D eigenvalue weighted by Gasteiger charge is 2.31. The van der Waals surface area contributed by atoms with Gasteiger partial charge in [0.25, 0.3) is 0 Å². The molecule has 0 aliphatic rings.